The van der Waals surface area contributed by atoms with E-state index in [1.807, 2.05) is 11.9 Å². The summed E-state index contributed by atoms with van der Waals surface area (Å²) < 4.78 is 49.8. The van der Waals surface area contributed by atoms with E-state index in [0.29, 0.717) is 48.0 Å². The number of hydrogen-bond donors (Lipinski definition) is 1. The van der Waals surface area contributed by atoms with Crippen LogP contribution in [0.25, 0.3) is 22.2 Å². The average molecular weight is 614 g/mol. The van der Waals surface area contributed by atoms with Gasteiger partial charge in [-0.2, -0.15) is 9.97 Å². The first kappa shape index (κ1) is 27.5. The Morgan fingerprint density at radius 1 is 1.16 bits per heavy atom. The van der Waals surface area contributed by atoms with E-state index in [1.165, 1.54) is 12.1 Å². The van der Waals surface area contributed by atoms with E-state index in [0.717, 1.165) is 50.6 Å². The Bertz CT molecular complexity index is 1620. The monoisotopic (exact) mass is 613 g/mol. The maximum atomic E-state index is 16.8. The van der Waals surface area contributed by atoms with E-state index in [-0.39, 0.29) is 48.0 Å². The highest BCUT2D eigenvalue weighted by Gasteiger charge is 2.50. The van der Waals surface area contributed by atoms with Crippen molar-refractivity contribution in [2.75, 3.05) is 51.5 Å². The Morgan fingerprint density at radius 2 is 2.02 bits per heavy atom. The van der Waals surface area contributed by atoms with Crippen LogP contribution in [0.5, 0.6) is 17.6 Å². The summed E-state index contributed by atoms with van der Waals surface area (Å²) in [5, 5.41) is 11.2. The highest BCUT2D eigenvalue weighted by Crippen LogP contribution is 2.51. The second-order valence-corrected chi connectivity index (χ2v) is 13.3. The Balaban J connectivity index is 1.29. The Labute approximate surface area is 253 Å². The summed E-state index contributed by atoms with van der Waals surface area (Å²) in [6, 6.07) is 3.00. The third-order valence-electron chi connectivity index (χ3n) is 10.1. The molecule has 8 rings (SSSR count). The molecule has 4 aliphatic heterocycles. The topological polar surface area (TPSA) is 93.1 Å². The number of hydrogen-bond acceptors (Lipinski definition) is 9. The molecule has 9 nitrogen and oxygen atoms in total. The molecule has 0 radical (unpaired) electrons. The van der Waals surface area contributed by atoms with Gasteiger partial charge in [0.2, 0.25) is 5.88 Å². The number of phenolic OH excluding ortho intramolecular Hbond substituents is 1. The molecule has 2 aromatic heterocycles. The van der Waals surface area contributed by atoms with Crippen molar-refractivity contribution in [2.45, 2.75) is 68.1 Å². The van der Waals surface area contributed by atoms with Gasteiger partial charge >= 0.3 is 6.01 Å². The largest absolute Gasteiger partial charge is 0.508 e. The number of fused-ring (bicyclic) bond motifs is 1. The number of benzene rings is 1. The van der Waals surface area contributed by atoms with Gasteiger partial charge in [0.05, 0.1) is 17.7 Å². The number of anilines is 1. The fourth-order valence-electron chi connectivity index (χ4n) is 7.67. The standard InChI is InChI=1S/C31H34ClF2N5O4/c1-38-27-23-26(36-29(37-27)43-15-30-6-2-8-39(30)13-18(33)12-30)24(34)25(20-10-19(40)11-21(32)22(20)17-4-5-17)35-28(23)42-16-31(38)7-3-9-41-14-31/h10-11,17-18,40H,2-9,12-16H2,1H3/t18-,30+,31?/m1/s1. The van der Waals surface area contributed by atoms with Crippen LogP contribution in [-0.4, -0.2) is 88.8 Å². The molecule has 5 aliphatic rings. The van der Waals surface area contributed by atoms with E-state index in [1.54, 1.807) is 0 Å². The van der Waals surface area contributed by atoms with Crippen molar-refractivity contribution >= 4 is 28.3 Å². The van der Waals surface area contributed by atoms with Crippen molar-refractivity contribution in [2.24, 2.45) is 0 Å². The molecule has 228 valence electrons. The van der Waals surface area contributed by atoms with Crippen molar-refractivity contribution in [1.29, 1.82) is 0 Å². The van der Waals surface area contributed by atoms with E-state index >= 15 is 4.39 Å². The first-order chi connectivity index (χ1) is 20.8. The molecule has 1 aliphatic carbocycles. The van der Waals surface area contributed by atoms with Gasteiger partial charge in [0, 0.05) is 37.2 Å². The lowest BCUT2D eigenvalue weighted by molar-refractivity contribution is 0.0153. The van der Waals surface area contributed by atoms with Gasteiger partial charge in [-0.15, -0.1) is 0 Å². The molecule has 43 heavy (non-hydrogen) atoms. The van der Waals surface area contributed by atoms with Crippen LogP contribution in [0, 0.1) is 5.82 Å². The third kappa shape index (κ3) is 4.41. The number of rotatable bonds is 5. The lowest BCUT2D eigenvalue weighted by Crippen LogP contribution is -2.56. The second-order valence-electron chi connectivity index (χ2n) is 12.9. The lowest BCUT2D eigenvalue weighted by Gasteiger charge is -2.43. The van der Waals surface area contributed by atoms with Crippen LogP contribution >= 0.6 is 11.6 Å². The molecule has 0 bridgehead atoms. The van der Waals surface area contributed by atoms with Crippen molar-refractivity contribution in [3.8, 4) is 28.9 Å². The zero-order valence-electron chi connectivity index (χ0n) is 24.0. The summed E-state index contributed by atoms with van der Waals surface area (Å²) in [6.07, 6.45) is 4.78. The molecular formula is C31H34ClF2N5O4. The van der Waals surface area contributed by atoms with Crippen LogP contribution < -0.4 is 14.4 Å². The second kappa shape index (κ2) is 10.0. The number of ether oxygens (including phenoxy) is 3. The molecule has 12 heteroatoms. The maximum Gasteiger partial charge on any atom is 0.319 e. The van der Waals surface area contributed by atoms with E-state index in [4.69, 9.17) is 35.8 Å². The molecule has 3 atom stereocenters. The van der Waals surface area contributed by atoms with Crippen molar-refractivity contribution in [1.82, 2.24) is 19.9 Å². The lowest BCUT2D eigenvalue weighted by atomic mass is 9.91. The quantitative estimate of drug-likeness (QED) is 0.406. The van der Waals surface area contributed by atoms with Gasteiger partial charge in [0.25, 0.3) is 0 Å². The van der Waals surface area contributed by atoms with Gasteiger partial charge in [0.15, 0.2) is 5.82 Å². The highest BCUT2D eigenvalue weighted by molar-refractivity contribution is 6.32. The van der Waals surface area contributed by atoms with Gasteiger partial charge < -0.3 is 24.2 Å². The zero-order valence-corrected chi connectivity index (χ0v) is 24.8. The number of aromatic nitrogens is 3. The van der Waals surface area contributed by atoms with Gasteiger partial charge in [-0.05, 0) is 68.7 Å². The fourth-order valence-corrected chi connectivity index (χ4v) is 8.04. The summed E-state index contributed by atoms with van der Waals surface area (Å²) in [7, 11) is 1.91. The summed E-state index contributed by atoms with van der Waals surface area (Å²) in [6.45, 7) is 2.78. The first-order valence-electron chi connectivity index (χ1n) is 15.2. The van der Waals surface area contributed by atoms with Crippen LogP contribution in [0.3, 0.4) is 0 Å². The Hall–Kier alpha value is -3.02. The number of pyridine rings is 1. The van der Waals surface area contributed by atoms with Gasteiger partial charge in [-0.3, -0.25) is 4.90 Å². The van der Waals surface area contributed by atoms with Gasteiger partial charge in [0.1, 0.15) is 47.5 Å². The number of halogens is 3. The Kier molecular flexibility index (Phi) is 6.40. The number of aromatic hydroxyl groups is 1. The molecule has 1 N–H and O–H groups in total. The van der Waals surface area contributed by atoms with Crippen molar-refractivity contribution < 1.29 is 28.1 Å². The molecule has 1 aromatic carbocycles. The third-order valence-corrected chi connectivity index (χ3v) is 10.4. The molecule has 1 spiro atoms. The van der Waals surface area contributed by atoms with Gasteiger partial charge in [-0.1, -0.05) is 11.6 Å². The fraction of sp³-hybridized carbons (Fsp3) is 0.581. The smallest absolute Gasteiger partial charge is 0.319 e. The molecule has 0 amide bonds. The molecule has 4 fully saturated rings. The summed E-state index contributed by atoms with van der Waals surface area (Å²) in [5.41, 5.74) is 0.237. The van der Waals surface area contributed by atoms with E-state index in [2.05, 4.69) is 9.88 Å². The van der Waals surface area contributed by atoms with Crippen LogP contribution in [-0.2, 0) is 4.74 Å². The number of likely N-dealkylation sites (N-methyl/N-ethyl adjacent to an activating group) is 1. The number of alkyl halides is 1. The van der Waals surface area contributed by atoms with Crippen LogP contribution in [0.4, 0.5) is 14.6 Å². The minimum absolute atomic E-state index is 0.00734. The SMILES string of the molecule is CN1c2nc(OC[C@@]34CCCN3C[C@H](F)C4)nc3c(F)c(-c4cc(O)cc(Cl)c4C4CC4)nc(c23)OCC12CCCOC2. The normalized spacial score (nSPS) is 28.7. The van der Waals surface area contributed by atoms with E-state index in [9.17, 15) is 9.50 Å². The van der Waals surface area contributed by atoms with Crippen LogP contribution in [0.15, 0.2) is 12.1 Å². The predicted octanol–water partition coefficient (Wildman–Crippen LogP) is 5.40. The summed E-state index contributed by atoms with van der Waals surface area (Å²) >= 11 is 6.59. The number of nitrogens with zero attached hydrogens (tertiary/aromatic N) is 5. The molecule has 3 aromatic rings. The van der Waals surface area contributed by atoms with E-state index < -0.39 is 23.1 Å². The van der Waals surface area contributed by atoms with Crippen LogP contribution in [0.1, 0.15) is 56.4 Å². The zero-order chi connectivity index (χ0) is 29.5. The van der Waals surface area contributed by atoms with Gasteiger partial charge in [-0.25, -0.2) is 13.8 Å². The molecule has 3 saturated heterocycles. The molecular weight excluding hydrogens is 580 g/mol. The van der Waals surface area contributed by atoms with Crippen molar-refractivity contribution in [3.05, 3.63) is 28.5 Å². The summed E-state index contributed by atoms with van der Waals surface area (Å²) in [4.78, 5) is 18.3. The highest BCUT2D eigenvalue weighted by atomic mass is 35.5. The molecule has 1 unspecified atom stereocenters. The predicted molar refractivity (Wildman–Crippen MR) is 157 cm³/mol. The minimum Gasteiger partial charge on any atom is -0.508 e. The van der Waals surface area contributed by atoms with Crippen molar-refractivity contribution in [3.63, 3.8) is 0 Å². The summed E-state index contributed by atoms with van der Waals surface area (Å²) in [5.74, 6) is 0.0658. The average Bonchev–Trinajstić information content (AvgIpc) is 3.69. The molecule has 1 saturated carbocycles. The number of phenols is 1. The maximum absolute atomic E-state index is 16.8. The minimum atomic E-state index is -0.899. The van der Waals surface area contributed by atoms with Crippen LogP contribution in [0.2, 0.25) is 5.02 Å². The Morgan fingerprint density at radius 3 is 2.81 bits per heavy atom. The first-order valence-corrected chi connectivity index (χ1v) is 15.6. The molecule has 6 heterocycles.